The van der Waals surface area contributed by atoms with E-state index in [-0.39, 0.29) is 0 Å². The Morgan fingerprint density at radius 1 is 1.38 bits per heavy atom. The molecule has 2 rings (SSSR count). The molecular weight excluding hydrogens is 222 g/mol. The Hall–Kier alpha value is -1.35. The van der Waals surface area contributed by atoms with Crippen molar-refractivity contribution in [3.63, 3.8) is 0 Å². The van der Waals surface area contributed by atoms with Crippen molar-refractivity contribution >= 4 is 11.6 Å². The van der Waals surface area contributed by atoms with Crippen LogP contribution in [0.3, 0.4) is 0 Å². The van der Waals surface area contributed by atoms with Crippen molar-refractivity contribution in [3.8, 4) is 11.4 Å². The molecule has 0 unspecified atom stereocenters. The number of benzene rings is 1. The maximum absolute atomic E-state index is 6.16. The Kier molecular flexibility index (Phi) is 3.25. The molecule has 0 aliphatic heterocycles. The molecule has 0 spiro atoms. The third-order valence-corrected chi connectivity index (χ3v) is 2.70. The Balaban J connectivity index is 2.35. The third-order valence-electron chi connectivity index (χ3n) is 2.38. The Morgan fingerprint density at radius 2 is 2.19 bits per heavy atom. The van der Waals surface area contributed by atoms with Crippen LogP contribution in [0.4, 0.5) is 0 Å². The number of nitrogens with one attached hydrogen (secondary N) is 1. The van der Waals surface area contributed by atoms with E-state index in [2.05, 4.69) is 22.1 Å². The van der Waals surface area contributed by atoms with Crippen LogP contribution in [0.5, 0.6) is 0 Å². The highest BCUT2D eigenvalue weighted by Crippen LogP contribution is 2.25. The highest BCUT2D eigenvalue weighted by Gasteiger charge is 2.09. The fourth-order valence-electron chi connectivity index (χ4n) is 1.57. The van der Waals surface area contributed by atoms with E-state index in [4.69, 9.17) is 11.6 Å². The quantitative estimate of drug-likeness (QED) is 0.886. The van der Waals surface area contributed by atoms with E-state index < -0.39 is 0 Å². The molecule has 84 valence electrons. The highest BCUT2D eigenvalue weighted by molar-refractivity contribution is 6.33. The number of nitrogens with zero attached hydrogens (tertiary/aromatic N) is 2. The topological polar surface area (TPSA) is 41.6 Å². The summed E-state index contributed by atoms with van der Waals surface area (Å²) in [6.07, 6.45) is 1.97. The largest absolute Gasteiger partial charge is 0.263 e. The summed E-state index contributed by atoms with van der Waals surface area (Å²) in [4.78, 5) is 4.41. The summed E-state index contributed by atoms with van der Waals surface area (Å²) in [5.41, 5.74) is 2.02. The van der Waals surface area contributed by atoms with Crippen molar-refractivity contribution in [2.75, 3.05) is 0 Å². The first-order valence-corrected chi connectivity index (χ1v) is 5.76. The van der Waals surface area contributed by atoms with Crippen LogP contribution >= 0.6 is 11.6 Å². The number of rotatable bonds is 3. The van der Waals surface area contributed by atoms with Gasteiger partial charge in [-0.15, -0.1) is 0 Å². The minimum atomic E-state index is 0.674. The zero-order valence-electron chi connectivity index (χ0n) is 9.42. The lowest BCUT2D eigenvalue weighted by Crippen LogP contribution is -1.86. The van der Waals surface area contributed by atoms with Crippen LogP contribution in [0.15, 0.2) is 18.2 Å². The van der Waals surface area contributed by atoms with E-state index in [1.807, 2.05) is 25.1 Å². The summed E-state index contributed by atoms with van der Waals surface area (Å²) in [5, 5.41) is 7.80. The molecule has 0 fully saturated rings. The molecule has 1 heterocycles. The standard InChI is InChI=1S/C12H14ClN3/c1-3-4-11-14-12(16-15-11)9-6-5-8(2)7-10(9)13/h5-7H,3-4H2,1-2H3,(H,14,15,16). The Morgan fingerprint density at radius 3 is 2.88 bits per heavy atom. The summed E-state index contributed by atoms with van der Waals surface area (Å²) in [5.74, 6) is 1.59. The van der Waals surface area contributed by atoms with E-state index in [1.54, 1.807) is 0 Å². The first-order valence-electron chi connectivity index (χ1n) is 5.38. The Labute approximate surface area is 99.9 Å². The SMILES string of the molecule is CCCc1nc(-c2ccc(C)cc2Cl)n[nH]1. The van der Waals surface area contributed by atoms with E-state index in [0.717, 1.165) is 29.8 Å². The fourth-order valence-corrected chi connectivity index (χ4v) is 1.89. The monoisotopic (exact) mass is 235 g/mol. The van der Waals surface area contributed by atoms with E-state index in [9.17, 15) is 0 Å². The normalized spacial score (nSPS) is 10.7. The predicted molar refractivity (Wildman–Crippen MR) is 65.6 cm³/mol. The maximum atomic E-state index is 6.16. The highest BCUT2D eigenvalue weighted by atomic mass is 35.5. The lowest BCUT2D eigenvalue weighted by atomic mass is 10.1. The second-order valence-corrected chi connectivity index (χ2v) is 4.25. The molecule has 0 aliphatic rings. The number of hydrogen-bond acceptors (Lipinski definition) is 2. The van der Waals surface area contributed by atoms with Gasteiger partial charge in [0.25, 0.3) is 0 Å². The van der Waals surface area contributed by atoms with Crippen molar-refractivity contribution in [2.24, 2.45) is 0 Å². The lowest BCUT2D eigenvalue weighted by molar-refractivity contribution is 0.841. The minimum absolute atomic E-state index is 0.674. The van der Waals surface area contributed by atoms with Crippen LogP contribution in [0.25, 0.3) is 11.4 Å². The number of aromatic amines is 1. The van der Waals surface area contributed by atoms with Gasteiger partial charge in [-0.3, -0.25) is 5.10 Å². The molecule has 0 atom stereocenters. The average molecular weight is 236 g/mol. The molecular formula is C12H14ClN3. The molecule has 0 radical (unpaired) electrons. The van der Waals surface area contributed by atoms with Gasteiger partial charge in [0.05, 0.1) is 5.02 Å². The molecule has 4 heteroatoms. The number of hydrogen-bond donors (Lipinski definition) is 1. The van der Waals surface area contributed by atoms with Crippen molar-refractivity contribution in [1.82, 2.24) is 15.2 Å². The number of aryl methyl sites for hydroxylation is 2. The summed E-state index contributed by atoms with van der Waals surface area (Å²) in [6, 6.07) is 5.89. The van der Waals surface area contributed by atoms with Gasteiger partial charge in [-0.2, -0.15) is 5.10 Å². The third kappa shape index (κ3) is 2.25. The van der Waals surface area contributed by atoms with Gasteiger partial charge in [-0.05, 0) is 31.0 Å². The molecule has 16 heavy (non-hydrogen) atoms. The van der Waals surface area contributed by atoms with Crippen LogP contribution in [-0.4, -0.2) is 15.2 Å². The zero-order chi connectivity index (χ0) is 11.5. The van der Waals surface area contributed by atoms with Gasteiger partial charge in [0.15, 0.2) is 5.82 Å². The smallest absolute Gasteiger partial charge is 0.182 e. The number of halogens is 1. The summed E-state index contributed by atoms with van der Waals surface area (Å²) < 4.78 is 0. The minimum Gasteiger partial charge on any atom is -0.263 e. The van der Waals surface area contributed by atoms with Gasteiger partial charge >= 0.3 is 0 Å². The van der Waals surface area contributed by atoms with Crippen LogP contribution < -0.4 is 0 Å². The van der Waals surface area contributed by atoms with E-state index >= 15 is 0 Å². The predicted octanol–water partition coefficient (Wildman–Crippen LogP) is 3.39. The maximum Gasteiger partial charge on any atom is 0.182 e. The van der Waals surface area contributed by atoms with Gasteiger partial charge in [-0.25, -0.2) is 4.98 Å². The van der Waals surface area contributed by atoms with Crippen molar-refractivity contribution in [1.29, 1.82) is 0 Å². The second kappa shape index (κ2) is 4.66. The number of aromatic nitrogens is 3. The van der Waals surface area contributed by atoms with Gasteiger partial charge < -0.3 is 0 Å². The Bertz CT molecular complexity index is 491. The van der Waals surface area contributed by atoms with Crippen molar-refractivity contribution < 1.29 is 0 Å². The molecule has 0 amide bonds. The molecule has 1 aromatic carbocycles. The van der Waals surface area contributed by atoms with Crippen LogP contribution in [0.1, 0.15) is 24.7 Å². The molecule has 0 saturated carbocycles. The molecule has 1 N–H and O–H groups in total. The first kappa shape index (κ1) is 11.1. The first-order chi connectivity index (χ1) is 7.70. The van der Waals surface area contributed by atoms with Gasteiger partial charge in [0, 0.05) is 12.0 Å². The van der Waals surface area contributed by atoms with Crippen LogP contribution in [0.2, 0.25) is 5.02 Å². The second-order valence-electron chi connectivity index (χ2n) is 3.84. The average Bonchev–Trinajstić information content (AvgIpc) is 2.67. The molecule has 1 aromatic heterocycles. The van der Waals surface area contributed by atoms with Gasteiger partial charge in [0.1, 0.15) is 5.82 Å². The van der Waals surface area contributed by atoms with E-state index in [0.29, 0.717) is 10.8 Å². The van der Waals surface area contributed by atoms with Crippen molar-refractivity contribution in [2.45, 2.75) is 26.7 Å². The van der Waals surface area contributed by atoms with Crippen molar-refractivity contribution in [3.05, 3.63) is 34.6 Å². The zero-order valence-corrected chi connectivity index (χ0v) is 10.2. The van der Waals surface area contributed by atoms with Gasteiger partial charge in [-0.1, -0.05) is 24.6 Å². The van der Waals surface area contributed by atoms with Crippen LogP contribution in [0, 0.1) is 6.92 Å². The van der Waals surface area contributed by atoms with Gasteiger partial charge in [0.2, 0.25) is 0 Å². The fraction of sp³-hybridized carbons (Fsp3) is 0.333. The van der Waals surface area contributed by atoms with E-state index in [1.165, 1.54) is 0 Å². The lowest BCUT2D eigenvalue weighted by Gasteiger charge is -2.00. The molecule has 0 aliphatic carbocycles. The summed E-state index contributed by atoms with van der Waals surface area (Å²) in [7, 11) is 0. The number of H-pyrrole nitrogens is 1. The molecule has 2 aromatic rings. The molecule has 3 nitrogen and oxygen atoms in total. The molecule has 0 saturated heterocycles. The summed E-state index contributed by atoms with van der Waals surface area (Å²) in [6.45, 7) is 4.12. The van der Waals surface area contributed by atoms with Crippen LogP contribution in [-0.2, 0) is 6.42 Å². The molecule has 0 bridgehead atoms. The summed E-state index contributed by atoms with van der Waals surface area (Å²) >= 11 is 6.16.